The van der Waals surface area contributed by atoms with Crippen molar-refractivity contribution in [2.24, 2.45) is 0 Å². The van der Waals surface area contributed by atoms with E-state index in [9.17, 15) is 24.0 Å². The molecule has 3 heterocycles. The zero-order chi connectivity index (χ0) is 24.6. The highest BCUT2D eigenvalue weighted by atomic mass is 16.4. The molecule has 4 rings (SSSR count). The molecule has 3 aliphatic heterocycles. The Morgan fingerprint density at radius 1 is 1.06 bits per heavy atom. The molecule has 1 aromatic carbocycles. The van der Waals surface area contributed by atoms with E-state index in [1.54, 1.807) is 12.1 Å². The Bertz CT molecular complexity index is 1040. The Morgan fingerprint density at radius 3 is 2.38 bits per heavy atom. The number of hydrogen-bond acceptors (Lipinski definition) is 7. The molecule has 2 fully saturated rings. The van der Waals surface area contributed by atoms with Crippen LogP contribution >= 0.6 is 0 Å². The smallest absolute Gasteiger partial charge is 0.304 e. The third-order valence-electron chi connectivity index (χ3n) is 7.01. The number of nitrogens with one attached hydrogen (secondary N) is 1. The van der Waals surface area contributed by atoms with E-state index in [1.165, 1.54) is 0 Å². The van der Waals surface area contributed by atoms with E-state index < -0.39 is 35.6 Å². The van der Waals surface area contributed by atoms with Gasteiger partial charge in [-0.1, -0.05) is 6.07 Å². The fourth-order valence-corrected chi connectivity index (χ4v) is 5.07. The van der Waals surface area contributed by atoms with Crippen molar-refractivity contribution in [3.8, 4) is 0 Å². The molecule has 1 aromatic rings. The lowest BCUT2D eigenvalue weighted by atomic mass is 9.90. The molecule has 0 aliphatic carbocycles. The minimum absolute atomic E-state index is 0.0901. The van der Waals surface area contributed by atoms with E-state index in [4.69, 9.17) is 5.11 Å². The minimum Gasteiger partial charge on any atom is -0.481 e. The summed E-state index contributed by atoms with van der Waals surface area (Å²) in [7, 11) is 0. The quantitative estimate of drug-likeness (QED) is 0.552. The van der Waals surface area contributed by atoms with Gasteiger partial charge < -0.3 is 10.0 Å². The van der Waals surface area contributed by atoms with Gasteiger partial charge in [-0.15, -0.1) is 0 Å². The summed E-state index contributed by atoms with van der Waals surface area (Å²) in [5, 5.41) is 11.1. The number of benzene rings is 1. The molecule has 4 amide bonds. The average Bonchev–Trinajstić information content (AvgIpc) is 3.02. The van der Waals surface area contributed by atoms with Gasteiger partial charge in [-0.25, -0.2) is 0 Å². The SMILES string of the molecule is CC(C)(Cc1ccc2c(c1)C(=O)N(C1CCC(=O)NC1=O)C2=O)N1CCN(CCC(=O)O)CC1. The van der Waals surface area contributed by atoms with Crippen molar-refractivity contribution in [3.05, 3.63) is 34.9 Å². The highest BCUT2D eigenvalue weighted by molar-refractivity contribution is 6.23. The van der Waals surface area contributed by atoms with Crippen LogP contribution in [0.1, 0.15) is 59.4 Å². The molecular weight excluding hydrogens is 440 g/mol. The number of carbonyl (C=O) groups is 5. The van der Waals surface area contributed by atoms with Crippen LogP contribution < -0.4 is 5.32 Å². The number of carboxylic acids is 1. The molecule has 10 nitrogen and oxygen atoms in total. The van der Waals surface area contributed by atoms with Gasteiger partial charge in [0.2, 0.25) is 11.8 Å². The van der Waals surface area contributed by atoms with Crippen LogP contribution in [0.2, 0.25) is 0 Å². The largest absolute Gasteiger partial charge is 0.481 e. The van der Waals surface area contributed by atoms with Crippen molar-refractivity contribution in [2.75, 3.05) is 32.7 Å². The van der Waals surface area contributed by atoms with Gasteiger partial charge in [0.05, 0.1) is 17.5 Å². The topological polar surface area (TPSA) is 127 Å². The number of hydrogen-bond donors (Lipinski definition) is 2. The van der Waals surface area contributed by atoms with Crippen molar-refractivity contribution in [1.29, 1.82) is 0 Å². The van der Waals surface area contributed by atoms with Gasteiger partial charge in [0, 0.05) is 44.7 Å². The second kappa shape index (κ2) is 9.27. The first kappa shape index (κ1) is 24.0. The Labute approximate surface area is 197 Å². The summed E-state index contributed by atoms with van der Waals surface area (Å²) in [5.41, 5.74) is 1.29. The summed E-state index contributed by atoms with van der Waals surface area (Å²) < 4.78 is 0. The minimum atomic E-state index is -0.970. The molecule has 0 aromatic heterocycles. The predicted molar refractivity (Wildman–Crippen MR) is 121 cm³/mol. The Hall–Kier alpha value is -3.11. The van der Waals surface area contributed by atoms with Crippen molar-refractivity contribution < 1.29 is 29.1 Å². The standard InChI is InChI=1S/C24H30N4O6/c1-24(2,27-11-9-26(10-12-27)8-7-20(30)31)14-15-3-4-16-17(13-15)23(34)28(22(16)33)18-5-6-19(29)25-21(18)32/h3-4,13,18H,5-12,14H2,1-2H3,(H,30,31)(H,25,29,32). The maximum absolute atomic E-state index is 13.1. The summed E-state index contributed by atoms with van der Waals surface area (Å²) in [6.07, 6.45) is 1.03. The van der Waals surface area contributed by atoms with Crippen LogP contribution in [0.4, 0.5) is 0 Å². The molecule has 1 unspecified atom stereocenters. The van der Waals surface area contributed by atoms with Gasteiger partial charge in [-0.3, -0.25) is 39.1 Å². The molecule has 0 saturated carbocycles. The monoisotopic (exact) mass is 470 g/mol. The molecule has 34 heavy (non-hydrogen) atoms. The molecule has 2 N–H and O–H groups in total. The van der Waals surface area contributed by atoms with Gasteiger partial charge >= 0.3 is 5.97 Å². The Kier molecular flexibility index (Phi) is 6.55. The normalized spacial score (nSPS) is 22.2. The lowest BCUT2D eigenvalue weighted by Crippen LogP contribution is -2.55. The second-order valence-corrected chi connectivity index (χ2v) is 9.79. The Balaban J connectivity index is 1.43. The maximum Gasteiger partial charge on any atom is 0.304 e. The lowest BCUT2D eigenvalue weighted by Gasteiger charge is -2.44. The van der Waals surface area contributed by atoms with Crippen molar-refractivity contribution in [3.63, 3.8) is 0 Å². The van der Waals surface area contributed by atoms with E-state index in [0.29, 0.717) is 18.5 Å². The molecule has 2 saturated heterocycles. The molecule has 0 radical (unpaired) electrons. The molecule has 0 spiro atoms. The molecule has 10 heteroatoms. The summed E-state index contributed by atoms with van der Waals surface area (Å²) >= 11 is 0. The number of piperidine rings is 1. The number of imide groups is 2. The van der Waals surface area contributed by atoms with Crippen LogP contribution in [0.5, 0.6) is 0 Å². The third kappa shape index (κ3) is 4.74. The number of carboxylic acid groups (broad SMARTS) is 1. The first-order valence-electron chi connectivity index (χ1n) is 11.6. The molecule has 3 aliphatic rings. The van der Waals surface area contributed by atoms with E-state index in [0.717, 1.165) is 36.6 Å². The fourth-order valence-electron chi connectivity index (χ4n) is 5.07. The number of aliphatic carboxylic acids is 1. The molecule has 0 bridgehead atoms. The molecule has 182 valence electrons. The lowest BCUT2D eigenvalue weighted by molar-refractivity contribution is -0.138. The van der Waals surface area contributed by atoms with Crippen LogP contribution in [0.15, 0.2) is 18.2 Å². The highest BCUT2D eigenvalue weighted by Crippen LogP contribution is 2.30. The number of amides is 4. The fraction of sp³-hybridized carbons (Fsp3) is 0.542. The second-order valence-electron chi connectivity index (χ2n) is 9.79. The van der Waals surface area contributed by atoms with Gasteiger partial charge in [0.1, 0.15) is 6.04 Å². The van der Waals surface area contributed by atoms with Gasteiger partial charge in [-0.2, -0.15) is 0 Å². The number of piperazine rings is 1. The summed E-state index contributed by atoms with van der Waals surface area (Å²) in [5.74, 6) is -2.80. The van der Waals surface area contributed by atoms with Crippen LogP contribution in [0.3, 0.4) is 0 Å². The maximum atomic E-state index is 13.1. The first-order valence-corrected chi connectivity index (χ1v) is 11.6. The van der Waals surface area contributed by atoms with Crippen LogP contribution in [-0.4, -0.2) is 93.7 Å². The predicted octanol–water partition coefficient (Wildman–Crippen LogP) is 0.501. The Morgan fingerprint density at radius 2 is 1.74 bits per heavy atom. The number of carbonyl (C=O) groups excluding carboxylic acids is 4. The van der Waals surface area contributed by atoms with Crippen LogP contribution in [-0.2, 0) is 20.8 Å². The average molecular weight is 471 g/mol. The number of rotatable bonds is 7. The zero-order valence-electron chi connectivity index (χ0n) is 19.5. The number of fused-ring (bicyclic) bond motifs is 1. The first-order chi connectivity index (χ1) is 16.1. The van der Waals surface area contributed by atoms with Gasteiger partial charge in [0.25, 0.3) is 11.8 Å². The van der Waals surface area contributed by atoms with E-state index >= 15 is 0 Å². The highest BCUT2D eigenvalue weighted by Gasteiger charge is 2.44. The zero-order valence-corrected chi connectivity index (χ0v) is 19.5. The van der Waals surface area contributed by atoms with Crippen molar-refractivity contribution in [2.45, 2.75) is 51.1 Å². The van der Waals surface area contributed by atoms with Crippen molar-refractivity contribution in [1.82, 2.24) is 20.0 Å². The van der Waals surface area contributed by atoms with Crippen molar-refractivity contribution >= 4 is 29.6 Å². The molecular formula is C24H30N4O6. The van der Waals surface area contributed by atoms with E-state index in [-0.39, 0.29) is 30.4 Å². The summed E-state index contributed by atoms with van der Waals surface area (Å²) in [6, 6.07) is 4.27. The van der Waals surface area contributed by atoms with Gasteiger partial charge in [-0.05, 0) is 44.4 Å². The van der Waals surface area contributed by atoms with E-state index in [1.807, 2.05) is 6.07 Å². The number of nitrogens with zero attached hydrogens (tertiary/aromatic N) is 3. The summed E-state index contributed by atoms with van der Waals surface area (Å²) in [4.78, 5) is 66.0. The van der Waals surface area contributed by atoms with Gasteiger partial charge in [0.15, 0.2) is 0 Å². The van der Waals surface area contributed by atoms with Crippen LogP contribution in [0, 0.1) is 0 Å². The van der Waals surface area contributed by atoms with Crippen LogP contribution in [0.25, 0.3) is 0 Å². The third-order valence-corrected chi connectivity index (χ3v) is 7.01. The van der Waals surface area contributed by atoms with E-state index in [2.05, 4.69) is 29.0 Å². The molecule has 1 atom stereocenters. The summed E-state index contributed by atoms with van der Waals surface area (Å²) in [6.45, 7) is 8.06.